The molecule has 14 heavy (non-hydrogen) atoms. The van der Waals surface area contributed by atoms with Crippen molar-refractivity contribution in [1.82, 2.24) is 5.32 Å². The lowest BCUT2D eigenvalue weighted by Gasteiger charge is -2.30. The smallest absolute Gasteiger partial charge is 0.0732 e. The molecule has 0 heterocycles. The van der Waals surface area contributed by atoms with Crippen molar-refractivity contribution in [3.05, 3.63) is 0 Å². The van der Waals surface area contributed by atoms with Crippen LogP contribution in [0.25, 0.3) is 0 Å². The van der Waals surface area contributed by atoms with Gasteiger partial charge in [-0.15, -0.1) is 0 Å². The summed E-state index contributed by atoms with van der Waals surface area (Å²) in [5.41, 5.74) is 0. The van der Waals surface area contributed by atoms with Gasteiger partial charge in [-0.25, -0.2) is 0 Å². The molecule has 0 aliphatic heterocycles. The number of ether oxygens (including phenoxy) is 1. The molecule has 0 rings (SSSR count). The van der Waals surface area contributed by atoms with E-state index in [1.165, 1.54) is 0 Å². The molecular weight excluding hydrogens is 174 g/mol. The van der Waals surface area contributed by atoms with Gasteiger partial charge in [0.25, 0.3) is 0 Å². The highest BCUT2D eigenvalue weighted by Crippen LogP contribution is 2.17. The topological polar surface area (TPSA) is 21.3 Å². The van der Waals surface area contributed by atoms with Crippen LogP contribution >= 0.6 is 0 Å². The van der Waals surface area contributed by atoms with Gasteiger partial charge in [-0.3, -0.25) is 0 Å². The third-order valence-corrected chi connectivity index (χ3v) is 2.54. The van der Waals surface area contributed by atoms with Gasteiger partial charge in [0.1, 0.15) is 0 Å². The zero-order valence-electron chi connectivity index (χ0n) is 10.6. The summed E-state index contributed by atoms with van der Waals surface area (Å²) in [6, 6.07) is 0.470. The summed E-state index contributed by atoms with van der Waals surface area (Å²) in [6.07, 6.45) is 1.49. The summed E-state index contributed by atoms with van der Waals surface area (Å²) in [5, 5.41) is 3.37. The third-order valence-electron chi connectivity index (χ3n) is 2.54. The Morgan fingerprint density at radius 2 is 1.71 bits per heavy atom. The van der Waals surface area contributed by atoms with E-state index in [1.807, 2.05) is 7.05 Å². The molecule has 2 atom stereocenters. The predicted molar refractivity (Wildman–Crippen MR) is 62.6 cm³/mol. The molecule has 0 aromatic carbocycles. The Bertz CT molecular complexity index is 134. The van der Waals surface area contributed by atoms with Crippen molar-refractivity contribution in [2.75, 3.05) is 13.7 Å². The first kappa shape index (κ1) is 13.9. The van der Waals surface area contributed by atoms with E-state index < -0.39 is 0 Å². The lowest BCUT2D eigenvalue weighted by atomic mass is 9.92. The molecule has 0 aromatic rings. The van der Waals surface area contributed by atoms with Crippen molar-refractivity contribution in [2.45, 2.75) is 53.2 Å². The van der Waals surface area contributed by atoms with Crippen molar-refractivity contribution in [1.29, 1.82) is 0 Å². The van der Waals surface area contributed by atoms with Crippen LogP contribution in [0.2, 0.25) is 0 Å². The van der Waals surface area contributed by atoms with Crippen molar-refractivity contribution in [3.63, 3.8) is 0 Å². The van der Waals surface area contributed by atoms with E-state index in [1.54, 1.807) is 0 Å². The molecule has 1 N–H and O–H groups in total. The van der Waals surface area contributed by atoms with Gasteiger partial charge in [0.15, 0.2) is 0 Å². The second kappa shape index (κ2) is 7.24. The Hall–Kier alpha value is -0.0800. The zero-order valence-corrected chi connectivity index (χ0v) is 10.6. The van der Waals surface area contributed by atoms with Crippen molar-refractivity contribution < 1.29 is 4.74 Å². The molecular formula is C12H27NO. The Balaban J connectivity index is 4.27. The fraction of sp³-hybridized carbons (Fsp3) is 1.00. The molecule has 0 aliphatic carbocycles. The molecule has 0 spiro atoms. The predicted octanol–water partition coefficient (Wildman–Crippen LogP) is 2.68. The molecule has 0 saturated carbocycles. The van der Waals surface area contributed by atoms with Crippen LogP contribution < -0.4 is 5.32 Å². The maximum atomic E-state index is 5.80. The first-order chi connectivity index (χ1) is 6.52. The average Bonchev–Trinajstić information content (AvgIpc) is 2.03. The van der Waals surface area contributed by atoms with E-state index in [0.29, 0.717) is 24.0 Å². The zero-order chi connectivity index (χ0) is 11.1. The molecule has 86 valence electrons. The van der Waals surface area contributed by atoms with E-state index >= 15 is 0 Å². The van der Waals surface area contributed by atoms with Crippen LogP contribution in [0.3, 0.4) is 0 Å². The number of hydrogen-bond donors (Lipinski definition) is 1. The number of rotatable bonds is 7. The van der Waals surface area contributed by atoms with Gasteiger partial charge in [-0.1, -0.05) is 27.7 Å². The average molecular weight is 201 g/mol. The summed E-state index contributed by atoms with van der Waals surface area (Å²) < 4.78 is 5.80. The van der Waals surface area contributed by atoms with Crippen LogP contribution in [-0.2, 0) is 4.74 Å². The molecule has 2 unspecified atom stereocenters. The van der Waals surface area contributed by atoms with E-state index in [4.69, 9.17) is 4.74 Å². The standard InChI is InChI=1S/C12H27NO/c1-7-14-11(8-9(2)3)12(13-6)10(4)5/h9-13H,7-8H2,1-6H3. The Kier molecular flexibility index (Phi) is 7.20. The number of hydrogen-bond acceptors (Lipinski definition) is 2. The quantitative estimate of drug-likeness (QED) is 0.684. The highest BCUT2D eigenvalue weighted by molar-refractivity contribution is 4.79. The summed E-state index contributed by atoms with van der Waals surface area (Å²) in [7, 11) is 2.02. The second-order valence-electron chi connectivity index (χ2n) is 4.68. The van der Waals surface area contributed by atoms with Crippen LogP contribution in [0.15, 0.2) is 0 Å². The highest BCUT2D eigenvalue weighted by atomic mass is 16.5. The molecule has 0 fully saturated rings. The van der Waals surface area contributed by atoms with Crippen LogP contribution in [0.1, 0.15) is 41.0 Å². The molecule has 0 radical (unpaired) electrons. The third kappa shape index (κ3) is 4.97. The number of likely N-dealkylation sites (N-methyl/N-ethyl adjacent to an activating group) is 1. The molecule has 0 saturated heterocycles. The van der Waals surface area contributed by atoms with Gasteiger partial charge in [0, 0.05) is 12.6 Å². The molecule has 0 amide bonds. The Labute approximate surface area is 89.4 Å². The van der Waals surface area contributed by atoms with Gasteiger partial charge in [-0.05, 0) is 32.2 Å². The maximum Gasteiger partial charge on any atom is 0.0732 e. The molecule has 2 nitrogen and oxygen atoms in total. The maximum absolute atomic E-state index is 5.80. The monoisotopic (exact) mass is 201 g/mol. The van der Waals surface area contributed by atoms with Crippen LogP contribution in [0, 0.1) is 11.8 Å². The fourth-order valence-corrected chi connectivity index (χ4v) is 1.95. The first-order valence-corrected chi connectivity index (χ1v) is 5.81. The van der Waals surface area contributed by atoms with Crippen LogP contribution in [-0.4, -0.2) is 25.8 Å². The van der Waals surface area contributed by atoms with Crippen LogP contribution in [0.4, 0.5) is 0 Å². The highest BCUT2D eigenvalue weighted by Gasteiger charge is 2.23. The largest absolute Gasteiger partial charge is 0.377 e. The van der Waals surface area contributed by atoms with Gasteiger partial charge in [-0.2, -0.15) is 0 Å². The lowest BCUT2D eigenvalue weighted by molar-refractivity contribution is 0.0108. The molecule has 2 heteroatoms. The summed E-state index contributed by atoms with van der Waals surface area (Å²) >= 11 is 0. The Morgan fingerprint density at radius 1 is 1.14 bits per heavy atom. The summed E-state index contributed by atoms with van der Waals surface area (Å²) in [6.45, 7) is 11.9. The van der Waals surface area contributed by atoms with Crippen molar-refractivity contribution in [3.8, 4) is 0 Å². The van der Waals surface area contributed by atoms with E-state index in [0.717, 1.165) is 13.0 Å². The minimum Gasteiger partial charge on any atom is -0.377 e. The lowest BCUT2D eigenvalue weighted by Crippen LogP contribution is -2.44. The van der Waals surface area contributed by atoms with Crippen molar-refractivity contribution in [2.24, 2.45) is 11.8 Å². The Morgan fingerprint density at radius 3 is 2.00 bits per heavy atom. The van der Waals surface area contributed by atoms with E-state index in [9.17, 15) is 0 Å². The van der Waals surface area contributed by atoms with Gasteiger partial charge < -0.3 is 10.1 Å². The second-order valence-corrected chi connectivity index (χ2v) is 4.68. The first-order valence-electron chi connectivity index (χ1n) is 5.81. The fourth-order valence-electron chi connectivity index (χ4n) is 1.95. The SMILES string of the molecule is CCOC(CC(C)C)C(NC)C(C)C. The molecule has 0 aliphatic rings. The molecule has 0 aromatic heterocycles. The van der Waals surface area contributed by atoms with Gasteiger partial charge in [0.05, 0.1) is 6.10 Å². The van der Waals surface area contributed by atoms with Crippen LogP contribution in [0.5, 0.6) is 0 Å². The minimum absolute atomic E-state index is 0.352. The number of nitrogens with one attached hydrogen (secondary N) is 1. The summed E-state index contributed by atoms with van der Waals surface area (Å²) in [5.74, 6) is 1.32. The molecule has 0 bridgehead atoms. The normalized spacial score (nSPS) is 16.3. The minimum atomic E-state index is 0.352. The van der Waals surface area contributed by atoms with Gasteiger partial charge in [0.2, 0.25) is 0 Å². The van der Waals surface area contributed by atoms with Crippen molar-refractivity contribution >= 4 is 0 Å². The summed E-state index contributed by atoms with van der Waals surface area (Å²) in [4.78, 5) is 0. The van der Waals surface area contributed by atoms with E-state index in [2.05, 4.69) is 39.9 Å². The van der Waals surface area contributed by atoms with E-state index in [-0.39, 0.29) is 0 Å². The van der Waals surface area contributed by atoms with Gasteiger partial charge >= 0.3 is 0 Å².